The Morgan fingerprint density at radius 3 is 2.40 bits per heavy atom. The Bertz CT molecular complexity index is 752. The molecule has 0 fully saturated rings. The Morgan fingerprint density at radius 2 is 1.68 bits per heavy atom. The van der Waals surface area contributed by atoms with Gasteiger partial charge in [-0.3, -0.25) is 4.79 Å². The minimum atomic E-state index is -0.532. The summed E-state index contributed by atoms with van der Waals surface area (Å²) >= 11 is 0. The highest BCUT2D eigenvalue weighted by Crippen LogP contribution is 2.28. The van der Waals surface area contributed by atoms with Crippen LogP contribution < -0.4 is 16.3 Å². The van der Waals surface area contributed by atoms with Crippen molar-refractivity contribution >= 4 is 28.3 Å². The predicted octanol–water partition coefficient (Wildman–Crippen LogP) is 4.91. The second kappa shape index (κ2) is 9.87. The van der Waals surface area contributed by atoms with Gasteiger partial charge in [-0.25, -0.2) is 4.79 Å². The fourth-order valence-electron chi connectivity index (χ4n) is 2.97. The van der Waals surface area contributed by atoms with Gasteiger partial charge in [0.25, 0.3) is 0 Å². The van der Waals surface area contributed by atoms with E-state index >= 15 is 0 Å². The maximum absolute atomic E-state index is 12.2. The quantitative estimate of drug-likeness (QED) is 0.474. The SMILES string of the molecule is CCCCCCCCCC(=O)Nc1c(NC)c2ccccc2oc1=O. The lowest BCUT2D eigenvalue weighted by molar-refractivity contribution is -0.116. The number of hydrogen-bond donors (Lipinski definition) is 2. The van der Waals surface area contributed by atoms with Crippen molar-refractivity contribution in [1.29, 1.82) is 0 Å². The summed E-state index contributed by atoms with van der Waals surface area (Å²) in [5, 5.41) is 6.51. The highest BCUT2D eigenvalue weighted by molar-refractivity contribution is 6.01. The number of carbonyl (C=O) groups is 1. The first-order valence-corrected chi connectivity index (χ1v) is 9.20. The van der Waals surface area contributed by atoms with Crippen molar-refractivity contribution in [3.8, 4) is 0 Å². The van der Waals surface area contributed by atoms with Crippen molar-refractivity contribution in [2.45, 2.75) is 58.3 Å². The zero-order valence-electron chi connectivity index (χ0n) is 15.2. The molecule has 1 amide bonds. The number of hydrogen-bond acceptors (Lipinski definition) is 4. The molecule has 5 heteroatoms. The van der Waals surface area contributed by atoms with Crippen LogP contribution in [0.5, 0.6) is 0 Å². The number of rotatable bonds is 10. The Morgan fingerprint density at radius 1 is 1.00 bits per heavy atom. The van der Waals surface area contributed by atoms with Crippen molar-refractivity contribution < 1.29 is 9.21 Å². The fourth-order valence-corrected chi connectivity index (χ4v) is 2.97. The van der Waals surface area contributed by atoms with E-state index < -0.39 is 5.63 Å². The molecule has 5 nitrogen and oxygen atoms in total. The monoisotopic (exact) mass is 344 g/mol. The van der Waals surface area contributed by atoms with E-state index in [2.05, 4.69) is 17.6 Å². The van der Waals surface area contributed by atoms with Crippen LogP contribution in [0.1, 0.15) is 58.3 Å². The van der Waals surface area contributed by atoms with Crippen LogP contribution in [-0.4, -0.2) is 13.0 Å². The number of anilines is 2. The van der Waals surface area contributed by atoms with E-state index in [0.29, 0.717) is 17.7 Å². The summed E-state index contributed by atoms with van der Waals surface area (Å²) in [5.41, 5.74) is 0.756. The van der Waals surface area contributed by atoms with E-state index in [9.17, 15) is 9.59 Å². The number of nitrogens with one attached hydrogen (secondary N) is 2. The van der Waals surface area contributed by atoms with Gasteiger partial charge in [0.05, 0.1) is 5.69 Å². The first-order valence-electron chi connectivity index (χ1n) is 9.20. The zero-order valence-corrected chi connectivity index (χ0v) is 15.2. The standard InChI is InChI=1S/C20H28N2O3/c1-3-4-5-6-7-8-9-14-17(23)22-19-18(21-2)15-12-10-11-13-16(15)25-20(19)24/h10-13,21H,3-9,14H2,1-2H3,(H,22,23). The molecule has 0 spiro atoms. The summed E-state index contributed by atoms with van der Waals surface area (Å²) in [6, 6.07) is 7.27. The minimum absolute atomic E-state index is 0.146. The van der Waals surface area contributed by atoms with Crippen molar-refractivity contribution in [1.82, 2.24) is 0 Å². The second-order valence-electron chi connectivity index (χ2n) is 6.31. The van der Waals surface area contributed by atoms with Gasteiger partial charge in [0.2, 0.25) is 5.91 Å². The molecule has 0 unspecified atom stereocenters. The molecule has 0 aliphatic carbocycles. The topological polar surface area (TPSA) is 71.3 Å². The molecule has 1 aromatic carbocycles. The molecule has 2 aromatic rings. The van der Waals surface area contributed by atoms with Gasteiger partial charge in [-0.05, 0) is 18.6 Å². The Balaban J connectivity index is 1.94. The average Bonchev–Trinajstić information content (AvgIpc) is 2.61. The van der Waals surface area contributed by atoms with Crippen molar-refractivity contribution in [3.63, 3.8) is 0 Å². The summed E-state index contributed by atoms with van der Waals surface area (Å²) < 4.78 is 5.31. The predicted molar refractivity (Wildman–Crippen MR) is 103 cm³/mol. The molecule has 136 valence electrons. The van der Waals surface area contributed by atoms with Gasteiger partial charge in [-0.2, -0.15) is 0 Å². The van der Waals surface area contributed by atoms with E-state index in [1.54, 1.807) is 13.1 Å². The molecule has 0 saturated heterocycles. The third-order valence-corrected chi connectivity index (χ3v) is 4.33. The van der Waals surface area contributed by atoms with Crippen molar-refractivity contribution in [3.05, 3.63) is 34.7 Å². The highest BCUT2D eigenvalue weighted by atomic mass is 16.4. The molecule has 0 saturated carbocycles. The Labute approximate surface area is 148 Å². The molecule has 0 aliphatic heterocycles. The summed E-state index contributed by atoms with van der Waals surface area (Å²) in [4.78, 5) is 24.4. The zero-order chi connectivity index (χ0) is 18.1. The van der Waals surface area contributed by atoms with Crippen LogP contribution in [0.25, 0.3) is 11.0 Å². The van der Waals surface area contributed by atoms with Crippen LogP contribution in [0.15, 0.2) is 33.5 Å². The van der Waals surface area contributed by atoms with Crippen molar-refractivity contribution in [2.24, 2.45) is 0 Å². The maximum atomic E-state index is 12.2. The summed E-state index contributed by atoms with van der Waals surface area (Å²) in [6.07, 6.45) is 8.49. The van der Waals surface area contributed by atoms with Crippen LogP contribution >= 0.6 is 0 Å². The molecule has 0 atom stereocenters. The fraction of sp³-hybridized carbons (Fsp3) is 0.500. The third-order valence-electron chi connectivity index (χ3n) is 4.33. The molecule has 1 aromatic heterocycles. The molecule has 0 aliphatic rings. The van der Waals surface area contributed by atoms with E-state index in [-0.39, 0.29) is 11.6 Å². The average molecular weight is 344 g/mol. The lowest BCUT2D eigenvalue weighted by atomic mass is 10.1. The smallest absolute Gasteiger partial charge is 0.362 e. The van der Waals surface area contributed by atoms with Crippen LogP contribution in [0.2, 0.25) is 0 Å². The van der Waals surface area contributed by atoms with E-state index in [1.165, 1.54) is 25.7 Å². The molecule has 0 radical (unpaired) electrons. The van der Waals surface area contributed by atoms with Gasteiger partial charge >= 0.3 is 5.63 Å². The largest absolute Gasteiger partial charge is 0.421 e. The van der Waals surface area contributed by atoms with Crippen molar-refractivity contribution in [2.75, 3.05) is 17.7 Å². The van der Waals surface area contributed by atoms with Crippen LogP contribution in [0.3, 0.4) is 0 Å². The first-order chi connectivity index (χ1) is 12.2. The molecule has 25 heavy (non-hydrogen) atoms. The van der Waals surface area contributed by atoms with E-state index in [0.717, 1.165) is 24.6 Å². The number of para-hydroxylation sites is 1. The normalized spacial score (nSPS) is 10.8. The third kappa shape index (κ3) is 5.34. The first kappa shape index (κ1) is 19.0. The van der Waals surface area contributed by atoms with E-state index in [1.807, 2.05) is 18.2 Å². The van der Waals surface area contributed by atoms with E-state index in [4.69, 9.17) is 4.42 Å². The maximum Gasteiger partial charge on any atom is 0.362 e. The molecule has 0 bridgehead atoms. The van der Waals surface area contributed by atoms with Crippen LogP contribution in [0, 0.1) is 0 Å². The Hall–Kier alpha value is -2.30. The lowest BCUT2D eigenvalue weighted by Gasteiger charge is -2.11. The van der Waals surface area contributed by atoms with Gasteiger partial charge in [-0.15, -0.1) is 0 Å². The number of fused-ring (bicyclic) bond motifs is 1. The highest BCUT2D eigenvalue weighted by Gasteiger charge is 2.15. The molecule has 2 N–H and O–H groups in total. The van der Waals surface area contributed by atoms with Gasteiger partial charge < -0.3 is 15.1 Å². The second-order valence-corrected chi connectivity index (χ2v) is 6.31. The van der Waals surface area contributed by atoms with Gasteiger partial charge in [0.1, 0.15) is 5.58 Å². The number of unbranched alkanes of at least 4 members (excludes halogenated alkanes) is 6. The van der Waals surface area contributed by atoms with Gasteiger partial charge in [-0.1, -0.05) is 57.6 Å². The molecular formula is C20H28N2O3. The lowest BCUT2D eigenvalue weighted by Crippen LogP contribution is -2.19. The molecule has 1 heterocycles. The van der Waals surface area contributed by atoms with Gasteiger partial charge in [0.15, 0.2) is 5.69 Å². The minimum Gasteiger partial charge on any atom is -0.421 e. The van der Waals surface area contributed by atoms with Crippen LogP contribution in [0.4, 0.5) is 11.4 Å². The molecular weight excluding hydrogens is 316 g/mol. The van der Waals surface area contributed by atoms with Crippen LogP contribution in [-0.2, 0) is 4.79 Å². The van der Waals surface area contributed by atoms with Gasteiger partial charge in [0, 0.05) is 18.9 Å². The summed E-state index contributed by atoms with van der Waals surface area (Å²) in [7, 11) is 1.73. The number of amides is 1. The Kier molecular flexibility index (Phi) is 7.51. The molecule has 2 rings (SSSR count). The number of benzene rings is 1. The number of carbonyl (C=O) groups excluding carboxylic acids is 1. The summed E-state index contributed by atoms with van der Waals surface area (Å²) in [6.45, 7) is 2.20. The summed E-state index contributed by atoms with van der Waals surface area (Å²) in [5.74, 6) is -0.146.